The van der Waals surface area contributed by atoms with Crippen LogP contribution >= 0.6 is 23.1 Å². The molecule has 0 unspecified atom stereocenters. The van der Waals surface area contributed by atoms with Crippen LogP contribution in [0.15, 0.2) is 4.99 Å². The average Bonchev–Trinajstić information content (AvgIpc) is 3.07. The lowest BCUT2D eigenvalue weighted by Gasteiger charge is -2.20. The van der Waals surface area contributed by atoms with Crippen LogP contribution in [0.4, 0.5) is 5.13 Å². The van der Waals surface area contributed by atoms with Crippen LogP contribution in [0.1, 0.15) is 10.6 Å². The lowest BCUT2D eigenvalue weighted by molar-refractivity contribution is -0.135. The van der Waals surface area contributed by atoms with Crippen molar-refractivity contribution < 1.29 is 9.59 Å². The van der Waals surface area contributed by atoms with Gasteiger partial charge < -0.3 is 4.90 Å². The van der Waals surface area contributed by atoms with Crippen molar-refractivity contribution in [2.75, 3.05) is 31.2 Å². The van der Waals surface area contributed by atoms with Crippen molar-refractivity contribution >= 4 is 45.2 Å². The number of amides is 2. The van der Waals surface area contributed by atoms with Gasteiger partial charge in [-0.3, -0.25) is 25.2 Å². The van der Waals surface area contributed by atoms with Gasteiger partial charge in [0, 0.05) is 30.1 Å². The van der Waals surface area contributed by atoms with E-state index in [9.17, 15) is 9.59 Å². The zero-order valence-corrected chi connectivity index (χ0v) is 13.1. The summed E-state index contributed by atoms with van der Waals surface area (Å²) in [7, 11) is 2.05. The average molecular weight is 325 g/mol. The topological polar surface area (TPSA) is 86.7 Å². The summed E-state index contributed by atoms with van der Waals surface area (Å²) in [5.74, 6) is -0.567. The van der Waals surface area contributed by atoms with Crippen LogP contribution in [0.3, 0.4) is 0 Å². The molecule has 112 valence electrons. The van der Waals surface area contributed by atoms with Crippen molar-refractivity contribution in [3.05, 3.63) is 10.6 Å². The fourth-order valence-electron chi connectivity index (χ4n) is 2.10. The molecule has 2 amide bonds. The Kier molecular flexibility index (Phi) is 4.22. The van der Waals surface area contributed by atoms with Crippen molar-refractivity contribution in [2.24, 2.45) is 4.99 Å². The zero-order valence-electron chi connectivity index (χ0n) is 11.5. The van der Waals surface area contributed by atoms with Crippen molar-refractivity contribution in [3.8, 4) is 0 Å². The zero-order chi connectivity index (χ0) is 14.8. The summed E-state index contributed by atoms with van der Waals surface area (Å²) in [4.78, 5) is 35.4. The fourth-order valence-corrected chi connectivity index (χ4v) is 3.90. The predicted molar refractivity (Wildman–Crippen MR) is 83.7 cm³/mol. The van der Waals surface area contributed by atoms with E-state index >= 15 is 0 Å². The summed E-state index contributed by atoms with van der Waals surface area (Å²) >= 11 is 2.86. The highest BCUT2D eigenvalue weighted by molar-refractivity contribution is 8.14. The first-order valence-corrected chi connectivity index (χ1v) is 8.39. The number of carbonyl (C=O) groups is 2. The van der Waals surface area contributed by atoms with Crippen molar-refractivity contribution in [1.29, 1.82) is 0 Å². The van der Waals surface area contributed by atoms with Gasteiger partial charge in [-0.25, -0.2) is 4.98 Å². The van der Waals surface area contributed by atoms with E-state index in [0.717, 1.165) is 35.8 Å². The minimum Gasteiger partial charge on any atom is -0.301 e. The van der Waals surface area contributed by atoms with Crippen LogP contribution in [0, 0.1) is 0 Å². The lowest BCUT2D eigenvalue weighted by atomic mass is 10.2. The molecule has 2 N–H and O–H groups in total. The molecular weight excluding hydrogens is 310 g/mol. The molecule has 2 aliphatic heterocycles. The smallest absolute Gasteiger partial charge is 0.301 e. The van der Waals surface area contributed by atoms with Crippen LogP contribution in [0.5, 0.6) is 0 Å². The van der Waals surface area contributed by atoms with Crippen LogP contribution in [-0.4, -0.2) is 52.8 Å². The maximum absolute atomic E-state index is 11.8. The van der Waals surface area contributed by atoms with Gasteiger partial charge in [-0.2, -0.15) is 0 Å². The van der Waals surface area contributed by atoms with E-state index in [4.69, 9.17) is 0 Å². The fraction of sp³-hybridized carbons (Fsp3) is 0.500. The number of nitrogens with zero attached hydrogens (tertiary/aromatic N) is 3. The molecule has 0 saturated heterocycles. The highest BCUT2D eigenvalue weighted by Gasteiger charge is 2.22. The summed E-state index contributed by atoms with van der Waals surface area (Å²) in [5.41, 5.74) is 1.02. The van der Waals surface area contributed by atoms with Crippen molar-refractivity contribution in [2.45, 2.75) is 13.0 Å². The number of thioether (sulfide) groups is 1. The minimum atomic E-state index is -0.704. The Morgan fingerprint density at radius 1 is 1.29 bits per heavy atom. The number of rotatable bonds is 1. The van der Waals surface area contributed by atoms with E-state index in [2.05, 4.69) is 25.5 Å². The van der Waals surface area contributed by atoms with Crippen LogP contribution in [0.25, 0.3) is 0 Å². The number of likely N-dealkylation sites (N-methyl/N-ethyl adjacent to an activating group) is 1. The Morgan fingerprint density at radius 3 is 2.86 bits per heavy atom. The lowest BCUT2D eigenvalue weighted by Crippen LogP contribution is -2.37. The van der Waals surface area contributed by atoms with Gasteiger partial charge in [0.25, 0.3) is 0 Å². The molecule has 0 aromatic carbocycles. The monoisotopic (exact) mass is 325 g/mol. The standard InChI is InChI=1S/C12H15N5O2S2/c1-17-4-2-7-8(6-17)21-12(14-7)16-10(19)9(18)15-11-13-3-5-20-11/h2-6H2,1H3,(H,13,15,18)(H,14,16,19). The Hall–Kier alpha value is -1.45. The minimum absolute atomic E-state index is 0.483. The SMILES string of the molecule is CN1CCc2nc(NC(=O)C(=O)NC3=NCCS3)sc2C1. The summed E-state index contributed by atoms with van der Waals surface area (Å²) in [6.45, 7) is 2.47. The number of hydrogen-bond acceptors (Lipinski definition) is 7. The van der Waals surface area contributed by atoms with Crippen molar-refractivity contribution in [3.63, 3.8) is 0 Å². The molecule has 0 fully saturated rings. The van der Waals surface area contributed by atoms with Gasteiger partial charge in [0.2, 0.25) is 0 Å². The largest absolute Gasteiger partial charge is 0.315 e. The molecule has 2 aliphatic rings. The number of thiazole rings is 1. The molecule has 0 saturated carbocycles. The molecule has 1 aromatic heterocycles. The summed E-state index contributed by atoms with van der Waals surface area (Å²) in [6, 6.07) is 0. The molecular formula is C12H15N5O2S2. The molecule has 3 rings (SSSR count). The number of fused-ring (bicyclic) bond motifs is 1. The molecule has 0 spiro atoms. The Balaban J connectivity index is 1.61. The second-order valence-corrected chi connectivity index (χ2v) is 6.99. The summed E-state index contributed by atoms with van der Waals surface area (Å²) in [6.07, 6.45) is 0.873. The van der Waals surface area contributed by atoms with Gasteiger partial charge in [-0.15, -0.1) is 11.3 Å². The third-order valence-corrected chi connectivity index (χ3v) is 5.04. The van der Waals surface area contributed by atoms with Crippen LogP contribution in [-0.2, 0) is 22.6 Å². The third kappa shape index (κ3) is 3.42. The normalized spacial score (nSPS) is 18.0. The van der Waals surface area contributed by atoms with Gasteiger partial charge in [0.1, 0.15) is 0 Å². The first-order valence-electron chi connectivity index (χ1n) is 6.58. The molecule has 1 aromatic rings. The Labute approximate surface area is 130 Å². The molecule has 3 heterocycles. The highest BCUT2D eigenvalue weighted by Crippen LogP contribution is 2.27. The van der Waals surface area contributed by atoms with Crippen LogP contribution < -0.4 is 10.6 Å². The number of nitrogens with one attached hydrogen (secondary N) is 2. The van der Waals surface area contributed by atoms with E-state index in [0.29, 0.717) is 16.8 Å². The molecule has 21 heavy (non-hydrogen) atoms. The van der Waals surface area contributed by atoms with Crippen molar-refractivity contribution in [1.82, 2.24) is 15.2 Å². The Bertz CT molecular complexity index is 613. The number of aliphatic imine (C=N–C) groups is 1. The van der Waals surface area contributed by atoms with Gasteiger partial charge in [0.15, 0.2) is 10.3 Å². The molecule has 0 aliphatic carbocycles. The first kappa shape index (κ1) is 14.5. The molecule has 0 radical (unpaired) electrons. The molecule has 0 atom stereocenters. The maximum atomic E-state index is 11.8. The van der Waals surface area contributed by atoms with E-state index in [-0.39, 0.29) is 0 Å². The van der Waals surface area contributed by atoms with E-state index < -0.39 is 11.8 Å². The number of aromatic nitrogens is 1. The first-order chi connectivity index (χ1) is 10.1. The number of carbonyl (C=O) groups excluding carboxylic acids is 2. The molecule has 7 nitrogen and oxygen atoms in total. The second kappa shape index (κ2) is 6.12. The highest BCUT2D eigenvalue weighted by atomic mass is 32.2. The van der Waals surface area contributed by atoms with E-state index in [1.54, 1.807) is 0 Å². The van der Waals surface area contributed by atoms with Gasteiger partial charge in [-0.1, -0.05) is 11.8 Å². The van der Waals surface area contributed by atoms with Gasteiger partial charge in [0.05, 0.1) is 12.2 Å². The Morgan fingerprint density at radius 2 is 2.10 bits per heavy atom. The van der Waals surface area contributed by atoms with Crippen LogP contribution in [0.2, 0.25) is 0 Å². The summed E-state index contributed by atoms with van der Waals surface area (Å²) < 4.78 is 0. The second-order valence-electron chi connectivity index (χ2n) is 4.82. The molecule has 0 bridgehead atoms. The third-order valence-electron chi connectivity index (χ3n) is 3.15. The molecule has 9 heteroatoms. The van der Waals surface area contributed by atoms with Gasteiger partial charge in [-0.05, 0) is 7.05 Å². The van der Waals surface area contributed by atoms with E-state index in [1.807, 2.05) is 7.05 Å². The number of amidine groups is 1. The number of hydrogen-bond donors (Lipinski definition) is 2. The predicted octanol–water partition coefficient (Wildman–Crippen LogP) is 0.288. The maximum Gasteiger partial charge on any atom is 0.315 e. The van der Waals surface area contributed by atoms with Gasteiger partial charge >= 0.3 is 11.8 Å². The quantitative estimate of drug-likeness (QED) is 0.725. The van der Waals surface area contributed by atoms with E-state index in [1.165, 1.54) is 23.1 Å². The summed E-state index contributed by atoms with van der Waals surface area (Å²) in [5, 5.41) is 6.05. The number of anilines is 1.